The highest BCUT2D eigenvalue weighted by atomic mass is 16.5. The molecule has 1 aliphatic carbocycles. The fraction of sp³-hybridized carbons (Fsp3) is 0.944. The van der Waals surface area contributed by atoms with E-state index in [1.807, 2.05) is 0 Å². The van der Waals surface area contributed by atoms with E-state index < -0.39 is 0 Å². The van der Waals surface area contributed by atoms with Crippen LogP contribution in [0, 0.1) is 5.41 Å². The van der Waals surface area contributed by atoms with Crippen LogP contribution >= 0.6 is 0 Å². The molecule has 0 radical (unpaired) electrons. The van der Waals surface area contributed by atoms with Gasteiger partial charge in [0.2, 0.25) is 0 Å². The first kappa shape index (κ1) is 21.2. The van der Waals surface area contributed by atoms with Gasteiger partial charge in [-0.25, -0.2) is 0 Å². The lowest BCUT2D eigenvalue weighted by molar-refractivity contribution is -0.133. The number of rotatable bonds is 12. The number of guanidine groups is 1. The van der Waals surface area contributed by atoms with Crippen LogP contribution in [0.5, 0.6) is 0 Å². The van der Waals surface area contributed by atoms with Crippen molar-refractivity contribution in [2.24, 2.45) is 10.4 Å². The summed E-state index contributed by atoms with van der Waals surface area (Å²) in [5, 5.41) is 6.95. The number of ether oxygens (including phenoxy) is 3. The van der Waals surface area contributed by atoms with E-state index in [4.69, 9.17) is 14.2 Å². The van der Waals surface area contributed by atoms with Crippen molar-refractivity contribution in [3.8, 4) is 0 Å². The van der Waals surface area contributed by atoms with Gasteiger partial charge in [-0.3, -0.25) is 4.99 Å². The van der Waals surface area contributed by atoms with E-state index in [1.54, 1.807) is 7.11 Å². The number of nitrogens with zero attached hydrogens (tertiary/aromatic N) is 1. The number of nitrogens with one attached hydrogen (secondary N) is 2. The molecule has 2 N–H and O–H groups in total. The molecule has 0 aromatic rings. The van der Waals surface area contributed by atoms with E-state index in [2.05, 4.69) is 43.3 Å². The molecule has 0 aliphatic heterocycles. The van der Waals surface area contributed by atoms with Crippen LogP contribution in [0.2, 0.25) is 0 Å². The first-order valence-corrected chi connectivity index (χ1v) is 9.41. The van der Waals surface area contributed by atoms with Crippen molar-refractivity contribution in [1.29, 1.82) is 0 Å². The Kier molecular flexibility index (Phi) is 10.3. The van der Waals surface area contributed by atoms with Crippen LogP contribution < -0.4 is 10.6 Å². The van der Waals surface area contributed by atoms with Crippen molar-refractivity contribution in [1.82, 2.24) is 10.6 Å². The topological polar surface area (TPSA) is 64.1 Å². The van der Waals surface area contributed by atoms with Gasteiger partial charge in [-0.2, -0.15) is 0 Å². The minimum absolute atomic E-state index is 0.209. The molecule has 6 heteroatoms. The van der Waals surface area contributed by atoms with Gasteiger partial charge in [-0.1, -0.05) is 13.8 Å². The molecule has 0 aromatic heterocycles. The lowest BCUT2D eigenvalue weighted by atomic mass is 9.58. The van der Waals surface area contributed by atoms with E-state index in [0.29, 0.717) is 38.5 Å². The number of aliphatic imine (C=N–C) groups is 1. The van der Waals surface area contributed by atoms with Crippen LogP contribution in [0.4, 0.5) is 0 Å². The quantitative estimate of drug-likeness (QED) is 0.323. The van der Waals surface area contributed by atoms with Gasteiger partial charge in [-0.15, -0.1) is 0 Å². The van der Waals surface area contributed by atoms with Crippen molar-refractivity contribution in [2.75, 3.05) is 46.6 Å². The average molecular weight is 344 g/mol. The fourth-order valence-electron chi connectivity index (χ4n) is 3.53. The second-order valence-corrected chi connectivity index (χ2v) is 6.18. The normalized spacial score (nSPS) is 23.0. The van der Waals surface area contributed by atoms with Gasteiger partial charge in [0.25, 0.3) is 0 Å². The molecular formula is C18H37N3O3. The van der Waals surface area contributed by atoms with Crippen LogP contribution in [0.25, 0.3) is 0 Å². The van der Waals surface area contributed by atoms with Crippen molar-refractivity contribution in [3.05, 3.63) is 0 Å². The molecule has 142 valence electrons. The molecule has 0 spiro atoms. The van der Waals surface area contributed by atoms with Gasteiger partial charge in [-0.05, 0) is 33.1 Å². The number of hydrogen-bond donors (Lipinski definition) is 2. The van der Waals surface area contributed by atoms with Crippen LogP contribution in [-0.4, -0.2) is 64.7 Å². The Hall–Kier alpha value is -0.850. The molecule has 24 heavy (non-hydrogen) atoms. The summed E-state index contributed by atoms with van der Waals surface area (Å²) in [4.78, 5) is 4.63. The predicted molar refractivity (Wildman–Crippen MR) is 98.6 cm³/mol. The van der Waals surface area contributed by atoms with Crippen LogP contribution in [0.1, 0.15) is 47.0 Å². The third-order valence-electron chi connectivity index (χ3n) is 5.06. The van der Waals surface area contributed by atoms with E-state index >= 15 is 0 Å². The monoisotopic (exact) mass is 343 g/mol. The maximum absolute atomic E-state index is 5.95. The molecule has 1 saturated carbocycles. The van der Waals surface area contributed by atoms with E-state index in [0.717, 1.165) is 38.4 Å². The molecule has 0 heterocycles. The van der Waals surface area contributed by atoms with Gasteiger partial charge in [0, 0.05) is 31.7 Å². The maximum Gasteiger partial charge on any atom is 0.191 e. The van der Waals surface area contributed by atoms with Gasteiger partial charge in [0.05, 0.1) is 32.5 Å². The fourth-order valence-corrected chi connectivity index (χ4v) is 3.53. The highest BCUT2D eigenvalue weighted by Crippen LogP contribution is 2.48. The minimum atomic E-state index is 0.209. The highest BCUT2D eigenvalue weighted by Gasteiger charge is 2.53. The Morgan fingerprint density at radius 1 is 1.12 bits per heavy atom. The number of hydrogen-bond acceptors (Lipinski definition) is 4. The molecule has 6 nitrogen and oxygen atoms in total. The van der Waals surface area contributed by atoms with Crippen LogP contribution in [0.3, 0.4) is 0 Å². The Balaban J connectivity index is 2.54. The average Bonchev–Trinajstić information content (AvgIpc) is 2.58. The summed E-state index contributed by atoms with van der Waals surface area (Å²) in [6, 6.07) is 0.413. The highest BCUT2D eigenvalue weighted by molar-refractivity contribution is 5.80. The zero-order valence-electron chi connectivity index (χ0n) is 16.2. The third kappa shape index (κ3) is 5.60. The Bertz CT molecular complexity index is 359. The minimum Gasteiger partial charge on any atom is -0.382 e. The summed E-state index contributed by atoms with van der Waals surface area (Å²) in [5.41, 5.74) is 0.209. The predicted octanol–water partition coefficient (Wildman–Crippen LogP) is 2.19. The summed E-state index contributed by atoms with van der Waals surface area (Å²) >= 11 is 0. The largest absolute Gasteiger partial charge is 0.382 e. The summed E-state index contributed by atoms with van der Waals surface area (Å²) < 4.78 is 16.4. The van der Waals surface area contributed by atoms with E-state index in [1.165, 1.54) is 0 Å². The smallest absolute Gasteiger partial charge is 0.191 e. The van der Waals surface area contributed by atoms with Crippen LogP contribution in [-0.2, 0) is 14.2 Å². The summed E-state index contributed by atoms with van der Waals surface area (Å²) in [6.07, 6.45) is 3.64. The first-order chi connectivity index (χ1) is 11.7. The van der Waals surface area contributed by atoms with Crippen molar-refractivity contribution >= 4 is 5.96 Å². The van der Waals surface area contributed by atoms with Gasteiger partial charge >= 0.3 is 0 Å². The molecule has 1 fully saturated rings. The SMILES string of the molecule is CCNC(=NCCOCCOC)NC1CC(OCC)C1(CC)CC. The van der Waals surface area contributed by atoms with Gasteiger partial charge in [0.15, 0.2) is 5.96 Å². The zero-order chi connectivity index (χ0) is 17.8. The molecule has 1 aliphatic rings. The Labute approximate surface area is 147 Å². The Morgan fingerprint density at radius 2 is 1.88 bits per heavy atom. The van der Waals surface area contributed by atoms with Crippen molar-refractivity contribution in [2.45, 2.75) is 59.1 Å². The molecule has 0 amide bonds. The molecule has 0 aromatic carbocycles. The second-order valence-electron chi connectivity index (χ2n) is 6.18. The first-order valence-electron chi connectivity index (χ1n) is 9.41. The summed E-state index contributed by atoms with van der Waals surface area (Å²) in [5.74, 6) is 0.874. The summed E-state index contributed by atoms with van der Waals surface area (Å²) in [7, 11) is 1.68. The molecular weight excluding hydrogens is 306 g/mol. The van der Waals surface area contributed by atoms with Gasteiger partial charge in [0.1, 0.15) is 0 Å². The molecule has 1 rings (SSSR count). The Morgan fingerprint density at radius 3 is 2.46 bits per heavy atom. The lowest BCUT2D eigenvalue weighted by Crippen LogP contribution is -2.65. The van der Waals surface area contributed by atoms with E-state index in [9.17, 15) is 0 Å². The van der Waals surface area contributed by atoms with Crippen molar-refractivity contribution < 1.29 is 14.2 Å². The molecule has 2 unspecified atom stereocenters. The molecule has 2 atom stereocenters. The van der Waals surface area contributed by atoms with E-state index in [-0.39, 0.29) is 5.41 Å². The number of methoxy groups -OCH3 is 1. The standard InChI is InChI=1S/C18H37N3O3/c1-6-18(7-2)15(14-16(18)24-9-4)21-17(19-8-3)20-10-11-23-13-12-22-5/h15-16H,6-14H2,1-5H3,(H2,19,20,21). The molecule has 0 saturated heterocycles. The lowest BCUT2D eigenvalue weighted by Gasteiger charge is -2.55. The van der Waals surface area contributed by atoms with Gasteiger partial charge < -0.3 is 24.8 Å². The second kappa shape index (κ2) is 11.7. The van der Waals surface area contributed by atoms with Crippen LogP contribution in [0.15, 0.2) is 4.99 Å². The zero-order valence-corrected chi connectivity index (χ0v) is 16.2. The molecule has 0 bridgehead atoms. The van der Waals surface area contributed by atoms with Crippen molar-refractivity contribution in [3.63, 3.8) is 0 Å². The third-order valence-corrected chi connectivity index (χ3v) is 5.06. The summed E-state index contributed by atoms with van der Waals surface area (Å²) in [6.45, 7) is 12.8. The maximum atomic E-state index is 5.95.